The number of anilines is 1. The van der Waals surface area contributed by atoms with Gasteiger partial charge < -0.3 is 11.1 Å². The molecule has 1 fully saturated rings. The third-order valence-corrected chi connectivity index (χ3v) is 3.60. The van der Waals surface area contributed by atoms with E-state index < -0.39 is 5.82 Å². The smallest absolute Gasteiger partial charge is 0.166 e. The molecule has 1 aromatic heterocycles. The van der Waals surface area contributed by atoms with E-state index in [4.69, 9.17) is 17.3 Å². The molecular weight excluding hydrogens is 241 g/mol. The highest BCUT2D eigenvalue weighted by atomic mass is 35.5. The summed E-state index contributed by atoms with van der Waals surface area (Å²) in [6, 6.07) is 1.27. The van der Waals surface area contributed by atoms with Crippen molar-refractivity contribution in [2.75, 3.05) is 11.9 Å². The van der Waals surface area contributed by atoms with Gasteiger partial charge in [-0.05, 0) is 18.9 Å². The Hall–Kier alpha value is -0.870. The van der Waals surface area contributed by atoms with Crippen LogP contribution in [0.4, 0.5) is 10.2 Å². The van der Waals surface area contributed by atoms with E-state index in [0.29, 0.717) is 11.6 Å². The van der Waals surface area contributed by atoms with E-state index >= 15 is 0 Å². The van der Waals surface area contributed by atoms with Gasteiger partial charge in [0.25, 0.3) is 0 Å². The lowest BCUT2D eigenvalue weighted by molar-refractivity contribution is 0.329. The Morgan fingerprint density at radius 1 is 1.41 bits per heavy atom. The molecule has 1 heterocycles. The average molecular weight is 258 g/mol. The molecular formula is C12H17ClFN3. The summed E-state index contributed by atoms with van der Waals surface area (Å²) in [6.07, 6.45) is 6.85. The zero-order chi connectivity index (χ0) is 12.3. The molecule has 0 atom stereocenters. The SMILES string of the molecule is NCC1(Nc2ncc(Cl)cc2F)CCCCC1. The van der Waals surface area contributed by atoms with Crippen molar-refractivity contribution in [2.45, 2.75) is 37.6 Å². The zero-order valence-corrected chi connectivity index (χ0v) is 10.4. The van der Waals surface area contributed by atoms with Crippen molar-refractivity contribution in [1.29, 1.82) is 0 Å². The summed E-state index contributed by atoms with van der Waals surface area (Å²) in [5.74, 6) is -0.169. The van der Waals surface area contributed by atoms with Crippen molar-refractivity contribution >= 4 is 17.4 Å². The van der Waals surface area contributed by atoms with Gasteiger partial charge in [-0.2, -0.15) is 0 Å². The minimum Gasteiger partial charge on any atom is -0.361 e. The van der Waals surface area contributed by atoms with Gasteiger partial charge in [0.2, 0.25) is 0 Å². The predicted molar refractivity (Wildman–Crippen MR) is 67.7 cm³/mol. The van der Waals surface area contributed by atoms with E-state index in [9.17, 15) is 4.39 Å². The molecule has 1 aromatic rings. The maximum absolute atomic E-state index is 13.7. The topological polar surface area (TPSA) is 50.9 Å². The molecule has 3 nitrogen and oxygen atoms in total. The van der Waals surface area contributed by atoms with Gasteiger partial charge in [0.15, 0.2) is 11.6 Å². The fourth-order valence-corrected chi connectivity index (χ4v) is 2.51. The Bertz CT molecular complexity index is 391. The first-order valence-electron chi connectivity index (χ1n) is 5.94. The van der Waals surface area contributed by atoms with Crippen LogP contribution in [0.3, 0.4) is 0 Å². The number of nitrogens with zero attached hydrogens (tertiary/aromatic N) is 1. The van der Waals surface area contributed by atoms with Crippen LogP contribution in [0.15, 0.2) is 12.3 Å². The van der Waals surface area contributed by atoms with Crippen LogP contribution in [-0.2, 0) is 0 Å². The molecule has 0 unspecified atom stereocenters. The van der Waals surface area contributed by atoms with Gasteiger partial charge in [-0.3, -0.25) is 0 Å². The van der Waals surface area contributed by atoms with Gasteiger partial charge in [0.05, 0.1) is 10.6 Å². The van der Waals surface area contributed by atoms with Crippen molar-refractivity contribution in [3.63, 3.8) is 0 Å². The zero-order valence-electron chi connectivity index (χ0n) is 9.68. The molecule has 1 saturated carbocycles. The van der Waals surface area contributed by atoms with Crippen LogP contribution in [0.5, 0.6) is 0 Å². The molecule has 0 amide bonds. The second-order valence-corrected chi connectivity index (χ2v) is 5.09. The molecule has 94 valence electrons. The number of hydrogen-bond donors (Lipinski definition) is 2. The van der Waals surface area contributed by atoms with Crippen molar-refractivity contribution in [3.05, 3.63) is 23.1 Å². The van der Waals surface area contributed by atoms with Crippen molar-refractivity contribution < 1.29 is 4.39 Å². The minimum atomic E-state index is -0.420. The molecule has 5 heteroatoms. The van der Waals surface area contributed by atoms with Crippen LogP contribution >= 0.6 is 11.6 Å². The molecule has 0 spiro atoms. The monoisotopic (exact) mass is 257 g/mol. The summed E-state index contributed by atoms with van der Waals surface area (Å²) in [6.45, 7) is 0.497. The van der Waals surface area contributed by atoms with Crippen molar-refractivity contribution in [1.82, 2.24) is 4.98 Å². The van der Waals surface area contributed by atoms with E-state index in [1.807, 2.05) is 0 Å². The Kier molecular flexibility index (Phi) is 3.84. The molecule has 0 radical (unpaired) electrons. The molecule has 2 rings (SSSR count). The number of hydrogen-bond acceptors (Lipinski definition) is 3. The molecule has 17 heavy (non-hydrogen) atoms. The summed E-state index contributed by atoms with van der Waals surface area (Å²) in [7, 11) is 0. The third kappa shape index (κ3) is 2.87. The van der Waals surface area contributed by atoms with Crippen LogP contribution < -0.4 is 11.1 Å². The van der Waals surface area contributed by atoms with Crippen molar-refractivity contribution in [2.24, 2.45) is 5.73 Å². The van der Waals surface area contributed by atoms with E-state index in [-0.39, 0.29) is 11.4 Å². The van der Waals surface area contributed by atoms with Crippen LogP contribution in [0, 0.1) is 5.82 Å². The van der Waals surface area contributed by atoms with Crippen LogP contribution in [0.1, 0.15) is 32.1 Å². The largest absolute Gasteiger partial charge is 0.361 e. The van der Waals surface area contributed by atoms with E-state index in [1.54, 1.807) is 0 Å². The molecule has 0 aromatic carbocycles. The van der Waals surface area contributed by atoms with E-state index in [2.05, 4.69) is 10.3 Å². The first-order valence-corrected chi connectivity index (χ1v) is 6.32. The van der Waals surface area contributed by atoms with Crippen LogP contribution in [0.25, 0.3) is 0 Å². The number of aromatic nitrogens is 1. The second-order valence-electron chi connectivity index (χ2n) is 4.65. The number of nitrogens with two attached hydrogens (primary N) is 1. The maximum Gasteiger partial charge on any atom is 0.166 e. The van der Waals surface area contributed by atoms with Gasteiger partial charge in [0.1, 0.15) is 0 Å². The normalized spacial score (nSPS) is 19.0. The summed E-state index contributed by atoms with van der Waals surface area (Å²) >= 11 is 5.67. The summed E-state index contributed by atoms with van der Waals surface area (Å²) in [4.78, 5) is 3.99. The highest BCUT2D eigenvalue weighted by Gasteiger charge is 2.31. The summed E-state index contributed by atoms with van der Waals surface area (Å²) in [5, 5.41) is 3.47. The Labute approximate surface area is 106 Å². The molecule has 0 bridgehead atoms. The lowest BCUT2D eigenvalue weighted by atomic mass is 9.81. The quantitative estimate of drug-likeness (QED) is 0.875. The molecule has 3 N–H and O–H groups in total. The predicted octanol–water partition coefficient (Wildman–Crippen LogP) is 2.95. The van der Waals surface area contributed by atoms with Crippen LogP contribution in [-0.4, -0.2) is 17.1 Å². The maximum atomic E-state index is 13.7. The highest BCUT2D eigenvalue weighted by molar-refractivity contribution is 6.30. The van der Waals surface area contributed by atoms with Gasteiger partial charge in [-0.15, -0.1) is 0 Å². The Morgan fingerprint density at radius 2 is 2.12 bits per heavy atom. The lowest BCUT2D eigenvalue weighted by Gasteiger charge is -2.37. The van der Waals surface area contributed by atoms with Crippen molar-refractivity contribution in [3.8, 4) is 0 Å². The third-order valence-electron chi connectivity index (χ3n) is 3.39. The summed E-state index contributed by atoms with van der Waals surface area (Å²) in [5.41, 5.74) is 5.62. The van der Waals surface area contributed by atoms with E-state index in [1.165, 1.54) is 18.7 Å². The first kappa shape index (κ1) is 12.6. The number of pyridine rings is 1. The van der Waals surface area contributed by atoms with Gasteiger partial charge in [0, 0.05) is 12.7 Å². The minimum absolute atomic E-state index is 0.208. The Balaban J connectivity index is 2.17. The fraction of sp³-hybridized carbons (Fsp3) is 0.583. The first-order chi connectivity index (χ1) is 8.15. The van der Waals surface area contributed by atoms with Crippen LogP contribution in [0.2, 0.25) is 5.02 Å². The molecule has 0 aliphatic heterocycles. The fourth-order valence-electron chi connectivity index (χ4n) is 2.37. The van der Waals surface area contributed by atoms with Gasteiger partial charge >= 0.3 is 0 Å². The Morgan fingerprint density at radius 3 is 2.71 bits per heavy atom. The number of nitrogens with one attached hydrogen (secondary N) is 1. The number of rotatable bonds is 3. The lowest BCUT2D eigenvalue weighted by Crippen LogP contribution is -2.47. The van der Waals surface area contributed by atoms with Gasteiger partial charge in [-0.1, -0.05) is 30.9 Å². The average Bonchev–Trinajstić information content (AvgIpc) is 2.34. The highest BCUT2D eigenvalue weighted by Crippen LogP contribution is 2.31. The van der Waals surface area contributed by atoms with Gasteiger partial charge in [-0.25, -0.2) is 9.37 Å². The molecule has 0 saturated heterocycles. The second kappa shape index (κ2) is 5.19. The van der Waals surface area contributed by atoms with E-state index in [0.717, 1.165) is 25.7 Å². The summed E-state index contributed by atoms with van der Waals surface area (Å²) < 4.78 is 13.7. The molecule has 1 aliphatic rings. The number of halogens is 2. The molecule has 1 aliphatic carbocycles. The standard InChI is InChI=1S/C12H17ClFN3/c13-9-6-10(14)11(16-7-9)17-12(8-15)4-2-1-3-5-12/h6-7H,1-5,8,15H2,(H,16,17).